The predicted molar refractivity (Wildman–Crippen MR) is 80.1 cm³/mol. The normalized spacial score (nSPS) is 14.1. The standard InChI is InChI=1S/C16H12F6N4O2/c17-9-3-8(14(19)11(18)5-9)4-10(27)6-13(28)25-1-2-26-12(7-25)23-24-15(26)16(20,21)22/h3,5H,1-2,4,6-7H2. The van der Waals surface area contributed by atoms with Crippen LogP contribution < -0.4 is 0 Å². The molecular formula is C16H12F6N4O2. The molecule has 150 valence electrons. The van der Waals surface area contributed by atoms with E-state index in [0.717, 1.165) is 9.47 Å². The minimum atomic E-state index is -4.68. The molecular weight excluding hydrogens is 394 g/mol. The average Bonchev–Trinajstić information content (AvgIpc) is 3.02. The fourth-order valence-electron chi connectivity index (χ4n) is 2.87. The molecule has 1 aromatic carbocycles. The molecule has 28 heavy (non-hydrogen) atoms. The zero-order valence-corrected chi connectivity index (χ0v) is 14.1. The van der Waals surface area contributed by atoms with Crippen LogP contribution in [0.5, 0.6) is 0 Å². The smallest absolute Gasteiger partial charge is 0.333 e. The number of ketones is 1. The summed E-state index contributed by atoms with van der Waals surface area (Å²) in [5.74, 6) is -6.67. The molecule has 12 heteroatoms. The maximum atomic E-state index is 13.6. The lowest BCUT2D eigenvalue weighted by atomic mass is 10.1. The Hall–Kier alpha value is -2.92. The van der Waals surface area contributed by atoms with E-state index < -0.39 is 59.5 Å². The van der Waals surface area contributed by atoms with E-state index in [1.807, 2.05) is 0 Å². The van der Waals surface area contributed by atoms with Crippen LogP contribution in [0.1, 0.15) is 23.6 Å². The summed E-state index contributed by atoms with van der Waals surface area (Å²) < 4.78 is 79.2. The Kier molecular flexibility index (Phi) is 5.13. The lowest BCUT2D eigenvalue weighted by molar-refractivity contribution is -0.148. The van der Waals surface area contributed by atoms with Gasteiger partial charge in [0.05, 0.1) is 13.0 Å². The molecule has 0 atom stereocenters. The van der Waals surface area contributed by atoms with Crippen molar-refractivity contribution in [3.05, 3.63) is 46.8 Å². The molecule has 0 aliphatic carbocycles. The van der Waals surface area contributed by atoms with Crippen molar-refractivity contribution in [2.24, 2.45) is 0 Å². The van der Waals surface area contributed by atoms with Crippen LogP contribution in [0.4, 0.5) is 26.3 Å². The van der Waals surface area contributed by atoms with E-state index in [1.165, 1.54) is 0 Å². The molecule has 1 amide bonds. The minimum absolute atomic E-state index is 0.0855. The number of amides is 1. The summed E-state index contributed by atoms with van der Waals surface area (Å²) in [6.45, 7) is -0.595. The van der Waals surface area contributed by atoms with Crippen molar-refractivity contribution in [1.29, 1.82) is 0 Å². The molecule has 0 N–H and O–H groups in total. The number of aromatic nitrogens is 3. The number of benzene rings is 1. The van der Waals surface area contributed by atoms with Gasteiger partial charge in [0.25, 0.3) is 0 Å². The molecule has 2 aromatic rings. The largest absolute Gasteiger partial charge is 0.451 e. The van der Waals surface area contributed by atoms with Gasteiger partial charge < -0.3 is 9.47 Å². The van der Waals surface area contributed by atoms with Gasteiger partial charge in [0.1, 0.15) is 11.6 Å². The van der Waals surface area contributed by atoms with Crippen molar-refractivity contribution < 1.29 is 35.9 Å². The number of Topliss-reactive ketones (excluding diaryl/α,β-unsaturated/α-hetero) is 1. The molecule has 0 bridgehead atoms. The Bertz CT molecular complexity index is 940. The fraction of sp³-hybridized carbons (Fsp3) is 0.375. The quantitative estimate of drug-likeness (QED) is 0.444. The Labute approximate surface area is 153 Å². The van der Waals surface area contributed by atoms with E-state index in [1.54, 1.807) is 0 Å². The summed E-state index contributed by atoms with van der Waals surface area (Å²) in [7, 11) is 0. The summed E-state index contributed by atoms with van der Waals surface area (Å²) in [4.78, 5) is 25.3. The van der Waals surface area contributed by atoms with Gasteiger partial charge in [0.2, 0.25) is 11.7 Å². The van der Waals surface area contributed by atoms with Gasteiger partial charge in [-0.3, -0.25) is 9.59 Å². The molecule has 0 radical (unpaired) electrons. The molecule has 3 rings (SSSR count). The van der Waals surface area contributed by atoms with Crippen LogP contribution >= 0.6 is 0 Å². The highest BCUT2D eigenvalue weighted by atomic mass is 19.4. The van der Waals surface area contributed by atoms with Gasteiger partial charge in [-0.25, -0.2) is 13.2 Å². The predicted octanol–water partition coefficient (Wildman–Crippen LogP) is 2.26. The van der Waals surface area contributed by atoms with E-state index in [0.29, 0.717) is 12.1 Å². The lowest BCUT2D eigenvalue weighted by Crippen LogP contribution is -2.40. The van der Waals surface area contributed by atoms with Crippen LogP contribution in [-0.4, -0.2) is 37.9 Å². The number of halogens is 6. The van der Waals surface area contributed by atoms with Crippen LogP contribution in [0.25, 0.3) is 0 Å². The molecule has 0 saturated carbocycles. The second-order valence-corrected chi connectivity index (χ2v) is 6.16. The van der Waals surface area contributed by atoms with E-state index in [4.69, 9.17) is 0 Å². The Morgan fingerprint density at radius 2 is 1.79 bits per heavy atom. The van der Waals surface area contributed by atoms with Gasteiger partial charge in [-0.05, 0) is 6.07 Å². The van der Waals surface area contributed by atoms with Crippen molar-refractivity contribution in [3.8, 4) is 0 Å². The molecule has 1 aliphatic rings. The first kappa shape index (κ1) is 19.8. The van der Waals surface area contributed by atoms with Gasteiger partial charge in [-0.2, -0.15) is 13.2 Å². The number of carbonyl (C=O) groups excluding carboxylic acids is 2. The van der Waals surface area contributed by atoms with Crippen molar-refractivity contribution in [2.75, 3.05) is 6.54 Å². The number of fused-ring (bicyclic) bond motifs is 1. The molecule has 1 aliphatic heterocycles. The SMILES string of the molecule is O=C(CC(=O)N1CCn2c(nnc2C(F)(F)F)C1)Cc1cc(F)cc(F)c1F. The molecule has 0 spiro atoms. The van der Waals surface area contributed by atoms with Crippen LogP contribution in [0.15, 0.2) is 12.1 Å². The van der Waals surface area contributed by atoms with Crippen LogP contribution in [-0.2, 0) is 35.3 Å². The lowest BCUT2D eigenvalue weighted by Gasteiger charge is -2.27. The van der Waals surface area contributed by atoms with Gasteiger partial charge in [0, 0.05) is 31.1 Å². The van der Waals surface area contributed by atoms with Gasteiger partial charge in [-0.15, -0.1) is 10.2 Å². The summed E-state index contributed by atoms with van der Waals surface area (Å²) in [5.41, 5.74) is -0.525. The van der Waals surface area contributed by atoms with Crippen molar-refractivity contribution in [2.45, 2.75) is 32.1 Å². The molecule has 0 unspecified atom stereocenters. The second kappa shape index (κ2) is 7.24. The monoisotopic (exact) mass is 406 g/mol. The average molecular weight is 406 g/mol. The Morgan fingerprint density at radius 1 is 1.07 bits per heavy atom. The summed E-state index contributed by atoms with van der Waals surface area (Å²) in [6.07, 6.45) is -6.08. The molecule has 2 heterocycles. The highest BCUT2D eigenvalue weighted by Gasteiger charge is 2.40. The summed E-state index contributed by atoms with van der Waals surface area (Å²) in [5, 5.41) is 6.49. The van der Waals surface area contributed by atoms with Crippen molar-refractivity contribution >= 4 is 11.7 Å². The van der Waals surface area contributed by atoms with Gasteiger partial charge in [0.15, 0.2) is 17.5 Å². The van der Waals surface area contributed by atoms with Crippen molar-refractivity contribution in [3.63, 3.8) is 0 Å². The van der Waals surface area contributed by atoms with Crippen molar-refractivity contribution in [1.82, 2.24) is 19.7 Å². The third-order valence-electron chi connectivity index (χ3n) is 4.16. The van der Waals surface area contributed by atoms with Gasteiger partial charge >= 0.3 is 6.18 Å². The van der Waals surface area contributed by atoms with Gasteiger partial charge in [-0.1, -0.05) is 0 Å². The molecule has 0 saturated heterocycles. The first-order valence-electron chi connectivity index (χ1n) is 7.98. The number of alkyl halides is 3. The first-order chi connectivity index (χ1) is 13.1. The number of rotatable bonds is 4. The number of hydrogen-bond donors (Lipinski definition) is 0. The van der Waals surface area contributed by atoms with Crippen LogP contribution in [0, 0.1) is 17.5 Å². The Balaban J connectivity index is 1.64. The maximum Gasteiger partial charge on any atom is 0.451 e. The number of carbonyl (C=O) groups is 2. The highest BCUT2D eigenvalue weighted by Crippen LogP contribution is 2.29. The number of nitrogens with zero attached hydrogens (tertiary/aromatic N) is 4. The maximum absolute atomic E-state index is 13.6. The number of hydrogen-bond acceptors (Lipinski definition) is 4. The third kappa shape index (κ3) is 3.99. The first-order valence-corrected chi connectivity index (χ1v) is 7.98. The fourth-order valence-corrected chi connectivity index (χ4v) is 2.87. The zero-order valence-electron chi connectivity index (χ0n) is 14.1. The topological polar surface area (TPSA) is 68.1 Å². The molecule has 0 fully saturated rings. The molecule has 1 aromatic heterocycles. The van der Waals surface area contributed by atoms with Crippen LogP contribution in [0.2, 0.25) is 0 Å². The third-order valence-corrected chi connectivity index (χ3v) is 4.16. The minimum Gasteiger partial charge on any atom is -0.333 e. The zero-order chi connectivity index (χ0) is 20.6. The van der Waals surface area contributed by atoms with E-state index in [-0.39, 0.29) is 25.5 Å². The van der Waals surface area contributed by atoms with Crippen LogP contribution in [0.3, 0.4) is 0 Å². The molecule has 6 nitrogen and oxygen atoms in total. The van der Waals surface area contributed by atoms with E-state index in [2.05, 4.69) is 10.2 Å². The summed E-state index contributed by atoms with van der Waals surface area (Å²) >= 11 is 0. The second-order valence-electron chi connectivity index (χ2n) is 6.16. The summed E-state index contributed by atoms with van der Waals surface area (Å²) in [6, 6.07) is 0.983. The highest BCUT2D eigenvalue weighted by molar-refractivity contribution is 5.98. The van der Waals surface area contributed by atoms with E-state index >= 15 is 0 Å². The van der Waals surface area contributed by atoms with E-state index in [9.17, 15) is 35.9 Å². The Morgan fingerprint density at radius 3 is 2.46 bits per heavy atom.